The molecule has 3 N–H and O–H groups in total. The molecule has 24 heavy (non-hydrogen) atoms. The maximum Gasteiger partial charge on any atom is 0.254 e. The molecule has 2 aromatic rings. The van der Waals surface area contributed by atoms with E-state index in [0.29, 0.717) is 37.0 Å². The van der Waals surface area contributed by atoms with Crippen LogP contribution >= 0.6 is 24.8 Å². The molecule has 5 nitrogen and oxygen atoms in total. The van der Waals surface area contributed by atoms with E-state index in [0.717, 1.165) is 6.42 Å². The van der Waals surface area contributed by atoms with Gasteiger partial charge in [0.05, 0.1) is 18.4 Å². The first kappa shape index (κ1) is 20.4. The zero-order chi connectivity index (χ0) is 15.5. The van der Waals surface area contributed by atoms with Gasteiger partial charge < -0.3 is 20.4 Å². The number of carbonyl (C=O) groups is 1. The fraction of sp³-hybridized carbons (Fsp3) is 0.353. The van der Waals surface area contributed by atoms with Crippen LogP contribution in [0.25, 0.3) is 0 Å². The highest BCUT2D eigenvalue weighted by atomic mass is 35.5. The predicted octanol–water partition coefficient (Wildman–Crippen LogP) is 2.76. The zero-order valence-corrected chi connectivity index (χ0v) is 15.2. The van der Waals surface area contributed by atoms with Gasteiger partial charge in [-0.2, -0.15) is 0 Å². The first-order valence-electron chi connectivity index (χ1n) is 7.60. The minimum atomic E-state index is -0.130. The largest absolute Gasteiger partial charge is 0.467 e. The molecule has 0 bridgehead atoms. The van der Waals surface area contributed by atoms with Crippen LogP contribution in [-0.4, -0.2) is 25.0 Å². The number of halogens is 2. The fourth-order valence-corrected chi connectivity index (χ4v) is 2.97. The van der Waals surface area contributed by atoms with Crippen LogP contribution in [-0.2, 0) is 13.0 Å². The molecule has 1 unspecified atom stereocenters. The lowest BCUT2D eigenvalue weighted by Gasteiger charge is -2.24. The highest BCUT2D eigenvalue weighted by Gasteiger charge is 2.27. The third-order valence-corrected chi connectivity index (χ3v) is 4.08. The molecule has 1 aromatic heterocycles. The Kier molecular flexibility index (Phi) is 7.60. The summed E-state index contributed by atoms with van der Waals surface area (Å²) in [5.74, 6) is 0.562. The van der Waals surface area contributed by atoms with Gasteiger partial charge in [0.25, 0.3) is 5.91 Å². The molecule has 0 aliphatic carbocycles. The van der Waals surface area contributed by atoms with Crippen molar-refractivity contribution in [3.8, 4) is 0 Å². The van der Waals surface area contributed by atoms with Crippen molar-refractivity contribution in [3.05, 3.63) is 53.5 Å². The lowest BCUT2D eigenvalue weighted by molar-refractivity contribution is 0.0952. The third kappa shape index (κ3) is 4.04. The van der Waals surface area contributed by atoms with Crippen molar-refractivity contribution in [1.29, 1.82) is 0 Å². The normalized spacial score (nSPS) is 15.2. The Labute approximate surface area is 154 Å². The molecule has 0 saturated carbocycles. The van der Waals surface area contributed by atoms with Gasteiger partial charge in [0, 0.05) is 24.8 Å². The Bertz CT molecular complexity index is 675. The molecule has 1 atom stereocenters. The van der Waals surface area contributed by atoms with Crippen molar-refractivity contribution < 1.29 is 9.21 Å². The molecule has 7 heteroatoms. The number of benzene rings is 1. The van der Waals surface area contributed by atoms with Crippen LogP contribution in [0.15, 0.2) is 41.0 Å². The quantitative estimate of drug-likeness (QED) is 0.847. The lowest BCUT2D eigenvalue weighted by Crippen LogP contribution is -2.32. The van der Waals surface area contributed by atoms with Crippen LogP contribution < -0.4 is 16.0 Å². The number of nitrogens with zero attached hydrogens (tertiary/aromatic N) is 1. The summed E-state index contributed by atoms with van der Waals surface area (Å²) < 4.78 is 5.56. The van der Waals surface area contributed by atoms with Gasteiger partial charge in [0.1, 0.15) is 5.76 Å². The number of amides is 1. The number of nitrogens with two attached hydrogens (primary N) is 1. The molecule has 0 fully saturated rings. The Hall–Kier alpha value is -1.69. The summed E-state index contributed by atoms with van der Waals surface area (Å²) in [7, 11) is 0. The van der Waals surface area contributed by atoms with Crippen molar-refractivity contribution in [1.82, 2.24) is 5.32 Å². The summed E-state index contributed by atoms with van der Waals surface area (Å²) in [4.78, 5) is 14.4. The van der Waals surface area contributed by atoms with E-state index in [4.69, 9.17) is 10.2 Å². The fourth-order valence-electron chi connectivity index (χ4n) is 2.97. The molecule has 0 radical (unpaired) electrons. The summed E-state index contributed by atoms with van der Waals surface area (Å²) in [6, 6.07) is 10.5. The number of furan rings is 1. The average Bonchev–Trinajstić information content (AvgIpc) is 3.10. The number of hydrogen-bond acceptors (Lipinski definition) is 4. The molecule has 1 aromatic carbocycles. The van der Waals surface area contributed by atoms with Gasteiger partial charge in [-0.15, -0.1) is 24.8 Å². The second-order valence-electron chi connectivity index (χ2n) is 5.61. The molecular formula is C17H23Cl2N3O2. The van der Waals surface area contributed by atoms with Crippen LogP contribution in [0, 0.1) is 0 Å². The van der Waals surface area contributed by atoms with E-state index < -0.39 is 0 Å². The summed E-state index contributed by atoms with van der Waals surface area (Å²) >= 11 is 0. The molecule has 0 spiro atoms. The maximum atomic E-state index is 12.1. The summed E-state index contributed by atoms with van der Waals surface area (Å²) in [5, 5.41) is 2.79. The van der Waals surface area contributed by atoms with Gasteiger partial charge in [0.2, 0.25) is 0 Å². The Balaban J connectivity index is 0.00000144. The number of fused-ring (bicyclic) bond motifs is 1. The maximum absolute atomic E-state index is 12.1. The Morgan fingerprint density at radius 1 is 1.33 bits per heavy atom. The first-order chi connectivity index (χ1) is 10.7. The van der Waals surface area contributed by atoms with Gasteiger partial charge in [-0.1, -0.05) is 18.2 Å². The summed E-state index contributed by atoms with van der Waals surface area (Å²) in [5.41, 5.74) is 8.58. The number of nitrogens with one attached hydrogen (secondary N) is 1. The molecule has 0 saturated heterocycles. The summed E-state index contributed by atoms with van der Waals surface area (Å²) in [6.45, 7) is 3.68. The molecular weight excluding hydrogens is 349 g/mol. The molecule has 1 aliphatic heterocycles. The van der Waals surface area contributed by atoms with Crippen molar-refractivity contribution >= 4 is 36.4 Å². The van der Waals surface area contributed by atoms with Crippen LogP contribution in [0.1, 0.15) is 28.6 Å². The van der Waals surface area contributed by atoms with Crippen LogP contribution in [0.5, 0.6) is 0 Å². The van der Waals surface area contributed by atoms with Gasteiger partial charge >= 0.3 is 0 Å². The second-order valence-corrected chi connectivity index (χ2v) is 5.61. The van der Waals surface area contributed by atoms with E-state index in [-0.39, 0.29) is 30.7 Å². The van der Waals surface area contributed by atoms with Crippen molar-refractivity contribution in [2.45, 2.75) is 25.9 Å². The Morgan fingerprint density at radius 3 is 2.83 bits per heavy atom. The van der Waals surface area contributed by atoms with Crippen LogP contribution in [0.4, 0.5) is 5.69 Å². The number of anilines is 1. The monoisotopic (exact) mass is 371 g/mol. The molecule has 1 aliphatic rings. The molecule has 132 valence electrons. The standard InChI is InChI=1S/C17H21N3O2.2ClH/c1-12-10-13-4-2-3-5-15(13)20(12)11-16-14(6-9-22-16)17(21)19-8-7-18;;/h2-6,9,12H,7-8,10-11,18H2,1H3,(H,19,21);2*1H. The second kappa shape index (κ2) is 8.97. The predicted molar refractivity (Wildman–Crippen MR) is 100 cm³/mol. The highest BCUT2D eigenvalue weighted by molar-refractivity contribution is 5.95. The van der Waals surface area contributed by atoms with Gasteiger partial charge in [0.15, 0.2) is 0 Å². The lowest BCUT2D eigenvalue weighted by atomic mass is 10.1. The molecule has 1 amide bonds. The molecule has 3 rings (SSSR count). The van der Waals surface area contributed by atoms with Gasteiger partial charge in [-0.25, -0.2) is 0 Å². The smallest absolute Gasteiger partial charge is 0.254 e. The van der Waals surface area contributed by atoms with Crippen molar-refractivity contribution in [2.24, 2.45) is 5.73 Å². The average molecular weight is 372 g/mol. The zero-order valence-electron chi connectivity index (χ0n) is 13.5. The van der Waals surface area contributed by atoms with Crippen LogP contribution in [0.2, 0.25) is 0 Å². The van der Waals surface area contributed by atoms with Gasteiger partial charge in [-0.05, 0) is 31.0 Å². The SMILES string of the molecule is CC1Cc2ccccc2N1Cc1occc1C(=O)NCCN.Cl.Cl. The minimum absolute atomic E-state index is 0. The topological polar surface area (TPSA) is 71.5 Å². The van der Waals surface area contributed by atoms with E-state index in [9.17, 15) is 4.79 Å². The van der Waals surface area contributed by atoms with Gasteiger partial charge in [-0.3, -0.25) is 4.79 Å². The van der Waals surface area contributed by atoms with E-state index in [1.165, 1.54) is 11.3 Å². The van der Waals surface area contributed by atoms with Crippen LogP contribution in [0.3, 0.4) is 0 Å². The summed E-state index contributed by atoms with van der Waals surface area (Å²) in [6.07, 6.45) is 2.59. The van der Waals surface area contributed by atoms with Crippen molar-refractivity contribution in [3.63, 3.8) is 0 Å². The first-order valence-corrected chi connectivity index (χ1v) is 7.60. The van der Waals surface area contributed by atoms with Crippen molar-refractivity contribution in [2.75, 3.05) is 18.0 Å². The minimum Gasteiger partial charge on any atom is -0.467 e. The van der Waals surface area contributed by atoms with E-state index in [1.807, 2.05) is 6.07 Å². The molecule has 2 heterocycles. The van der Waals surface area contributed by atoms with E-state index in [2.05, 4.69) is 35.3 Å². The highest BCUT2D eigenvalue weighted by Crippen LogP contribution is 2.33. The van der Waals surface area contributed by atoms with E-state index >= 15 is 0 Å². The number of hydrogen-bond donors (Lipinski definition) is 2. The number of carbonyl (C=O) groups excluding carboxylic acids is 1. The third-order valence-electron chi connectivity index (χ3n) is 4.08. The Morgan fingerprint density at radius 2 is 2.08 bits per heavy atom. The number of para-hydroxylation sites is 1. The van der Waals surface area contributed by atoms with E-state index in [1.54, 1.807) is 12.3 Å². The number of rotatable bonds is 5.